The Labute approximate surface area is 225 Å². The van der Waals surface area contributed by atoms with Crippen molar-refractivity contribution in [3.05, 3.63) is 42.1 Å². The van der Waals surface area contributed by atoms with Gasteiger partial charge in [0.05, 0.1) is 42.8 Å². The summed E-state index contributed by atoms with van der Waals surface area (Å²) in [6.07, 6.45) is 6.54. The van der Waals surface area contributed by atoms with Crippen LogP contribution in [0.2, 0.25) is 0 Å². The minimum Gasteiger partial charge on any atom is -0.381 e. The third-order valence-corrected chi connectivity index (χ3v) is 8.71. The van der Waals surface area contributed by atoms with Crippen LogP contribution >= 0.6 is 0 Å². The van der Waals surface area contributed by atoms with Gasteiger partial charge in [0.15, 0.2) is 0 Å². The first kappa shape index (κ1) is 25.6. The quantitative estimate of drug-likeness (QED) is 0.592. The number of hydrogen-bond donors (Lipinski definition) is 1. The molecule has 6 atom stereocenters. The molecule has 8 nitrogen and oxygen atoms in total. The van der Waals surface area contributed by atoms with Crippen molar-refractivity contribution in [2.75, 3.05) is 28.8 Å². The van der Waals surface area contributed by atoms with E-state index >= 15 is 0 Å². The molecule has 8 heteroatoms. The second-order valence-corrected chi connectivity index (χ2v) is 11.6. The standard InChI is InChI=1S/C30H40N4O4/c1-18(2)38-23-8-10-28(37-17-23)30(35)33-16-20-6-5-11-31-29(20)32-25-9-7-21(14-27(25)33)34-22-12-19(3)26(34)15-24(13-22)36-4/h5-7,9,11,14,18-19,22-24,26,28H,8,10,12-13,15-17H2,1-4H3,(H,31,32)/t19?,22-,23+,24+,26-,28-/m1/s1. The van der Waals surface area contributed by atoms with Crippen molar-refractivity contribution >= 4 is 28.8 Å². The SMILES string of the molecule is CO[C@H]1C[C@H]2CC(C)[C@@H](C1)N2c1ccc2c(c1)N(C(=O)[C@H]1CC[C@H](OC(C)C)CO1)Cc1cccnc1N2. The van der Waals surface area contributed by atoms with Gasteiger partial charge >= 0.3 is 0 Å². The third-order valence-electron chi connectivity index (χ3n) is 8.71. The Balaban J connectivity index is 1.31. The lowest BCUT2D eigenvalue weighted by atomic mass is 9.96. The Morgan fingerprint density at radius 3 is 2.76 bits per heavy atom. The number of aromatic nitrogens is 1. The highest BCUT2D eigenvalue weighted by atomic mass is 16.5. The number of amides is 1. The maximum absolute atomic E-state index is 14.1. The lowest BCUT2D eigenvalue weighted by Crippen LogP contribution is -2.46. The minimum absolute atomic E-state index is 0.000619. The molecule has 5 heterocycles. The Morgan fingerprint density at radius 2 is 2.03 bits per heavy atom. The van der Waals surface area contributed by atoms with Gasteiger partial charge in [-0.25, -0.2) is 4.98 Å². The highest BCUT2D eigenvalue weighted by molar-refractivity contribution is 6.01. The molecule has 38 heavy (non-hydrogen) atoms. The van der Waals surface area contributed by atoms with Crippen molar-refractivity contribution in [2.45, 2.75) is 95.9 Å². The van der Waals surface area contributed by atoms with Crippen molar-refractivity contribution < 1.29 is 19.0 Å². The Bertz CT molecular complexity index is 1160. The molecule has 6 rings (SSSR count). The van der Waals surface area contributed by atoms with Crippen molar-refractivity contribution in [1.82, 2.24) is 4.98 Å². The molecule has 1 aromatic heterocycles. The zero-order valence-electron chi connectivity index (χ0n) is 22.9. The van der Waals surface area contributed by atoms with Gasteiger partial charge in [-0.1, -0.05) is 13.0 Å². The van der Waals surface area contributed by atoms with Gasteiger partial charge in [0.25, 0.3) is 5.91 Å². The highest BCUT2D eigenvalue weighted by Crippen LogP contribution is 2.46. The van der Waals surface area contributed by atoms with Crippen molar-refractivity contribution in [3.63, 3.8) is 0 Å². The molecule has 0 radical (unpaired) electrons. The van der Waals surface area contributed by atoms with Crippen molar-refractivity contribution in [1.29, 1.82) is 0 Å². The molecule has 0 aliphatic carbocycles. The summed E-state index contributed by atoms with van der Waals surface area (Å²) in [6.45, 7) is 7.32. The summed E-state index contributed by atoms with van der Waals surface area (Å²) in [5.41, 5.74) is 3.94. The van der Waals surface area contributed by atoms with Gasteiger partial charge in [-0.2, -0.15) is 0 Å². The van der Waals surface area contributed by atoms with Crippen LogP contribution in [0, 0.1) is 5.92 Å². The average molecular weight is 521 g/mol. The number of rotatable bonds is 5. The van der Waals surface area contributed by atoms with Crippen LogP contribution in [-0.4, -0.2) is 61.1 Å². The average Bonchev–Trinajstić information content (AvgIpc) is 3.04. The highest BCUT2D eigenvalue weighted by Gasteiger charge is 2.45. The maximum atomic E-state index is 14.1. The van der Waals surface area contributed by atoms with Crippen LogP contribution < -0.4 is 15.1 Å². The molecule has 1 N–H and O–H groups in total. The largest absolute Gasteiger partial charge is 0.381 e. The number of benzene rings is 1. The fourth-order valence-corrected chi connectivity index (χ4v) is 6.92. The molecule has 3 fully saturated rings. The molecule has 1 amide bonds. The first-order valence-corrected chi connectivity index (χ1v) is 14.2. The predicted molar refractivity (Wildman–Crippen MR) is 148 cm³/mol. The van der Waals surface area contributed by atoms with Gasteiger partial charge in [0.2, 0.25) is 0 Å². The number of hydrogen-bond acceptors (Lipinski definition) is 7. The predicted octanol–water partition coefficient (Wildman–Crippen LogP) is 5.04. The third kappa shape index (κ3) is 4.78. The van der Waals surface area contributed by atoms with E-state index in [1.165, 1.54) is 12.1 Å². The summed E-state index contributed by atoms with van der Waals surface area (Å²) in [5, 5.41) is 3.51. The number of nitrogens with one attached hydrogen (secondary N) is 1. The summed E-state index contributed by atoms with van der Waals surface area (Å²) in [6, 6.07) is 11.4. The van der Waals surface area contributed by atoms with E-state index in [-0.39, 0.29) is 18.1 Å². The number of piperidine rings is 1. The zero-order chi connectivity index (χ0) is 26.4. The van der Waals surface area contributed by atoms with E-state index in [4.69, 9.17) is 14.2 Å². The van der Waals surface area contributed by atoms with Gasteiger partial charge in [-0.3, -0.25) is 4.79 Å². The molecule has 3 saturated heterocycles. The van der Waals surface area contributed by atoms with Crippen LogP contribution in [0.25, 0.3) is 0 Å². The van der Waals surface area contributed by atoms with Crippen LogP contribution in [0.15, 0.2) is 36.5 Å². The lowest BCUT2D eigenvalue weighted by molar-refractivity contribution is -0.143. The number of carbonyl (C=O) groups is 1. The number of nitrogens with zero attached hydrogens (tertiary/aromatic N) is 3. The van der Waals surface area contributed by atoms with E-state index in [1.54, 1.807) is 6.20 Å². The number of methoxy groups -OCH3 is 1. The molecule has 1 unspecified atom stereocenters. The lowest BCUT2D eigenvalue weighted by Gasteiger charge is -2.41. The van der Waals surface area contributed by atoms with E-state index in [1.807, 2.05) is 38.0 Å². The minimum atomic E-state index is -0.481. The van der Waals surface area contributed by atoms with Crippen molar-refractivity contribution in [2.24, 2.45) is 5.92 Å². The molecule has 204 valence electrons. The Morgan fingerprint density at radius 1 is 1.16 bits per heavy atom. The number of carbonyl (C=O) groups excluding carboxylic acids is 1. The number of fused-ring (bicyclic) bond motifs is 4. The number of ether oxygens (including phenoxy) is 3. The zero-order valence-corrected chi connectivity index (χ0v) is 22.9. The number of pyridine rings is 1. The molecule has 2 aromatic rings. The fraction of sp³-hybridized carbons (Fsp3) is 0.600. The van der Waals surface area contributed by atoms with E-state index in [0.717, 1.165) is 42.0 Å². The molecule has 0 saturated carbocycles. The van der Waals surface area contributed by atoms with Gasteiger partial charge in [-0.05, 0) is 76.1 Å². The van der Waals surface area contributed by atoms with Crippen molar-refractivity contribution in [3.8, 4) is 0 Å². The van der Waals surface area contributed by atoms with Crippen LogP contribution in [-0.2, 0) is 25.5 Å². The molecule has 0 spiro atoms. The molecular formula is C30H40N4O4. The molecule has 4 aliphatic heterocycles. The molecule has 1 aromatic carbocycles. The topological polar surface area (TPSA) is 76.2 Å². The summed E-state index contributed by atoms with van der Waals surface area (Å²) < 4.78 is 17.8. The second kappa shape index (κ2) is 10.5. The van der Waals surface area contributed by atoms with E-state index in [0.29, 0.717) is 43.7 Å². The molecule has 4 aliphatic rings. The van der Waals surface area contributed by atoms with Gasteiger partial charge in [0.1, 0.15) is 11.9 Å². The fourth-order valence-electron chi connectivity index (χ4n) is 6.92. The molecular weight excluding hydrogens is 480 g/mol. The van der Waals surface area contributed by atoms with Crippen LogP contribution in [0.3, 0.4) is 0 Å². The first-order valence-electron chi connectivity index (χ1n) is 14.2. The number of anilines is 4. The Hall–Kier alpha value is -2.68. The maximum Gasteiger partial charge on any atom is 0.256 e. The van der Waals surface area contributed by atoms with E-state index < -0.39 is 6.10 Å². The smallest absolute Gasteiger partial charge is 0.256 e. The molecule has 2 bridgehead atoms. The Kier molecular flexibility index (Phi) is 7.05. The summed E-state index contributed by atoms with van der Waals surface area (Å²) in [4.78, 5) is 23.1. The normalized spacial score (nSPS) is 30.4. The van der Waals surface area contributed by atoms with E-state index in [9.17, 15) is 4.79 Å². The summed E-state index contributed by atoms with van der Waals surface area (Å²) in [7, 11) is 1.83. The monoisotopic (exact) mass is 520 g/mol. The van der Waals surface area contributed by atoms with Crippen LogP contribution in [0.1, 0.15) is 58.4 Å². The summed E-state index contributed by atoms with van der Waals surface area (Å²) in [5.74, 6) is 1.40. The first-order chi connectivity index (χ1) is 18.4. The second-order valence-electron chi connectivity index (χ2n) is 11.6. The van der Waals surface area contributed by atoms with E-state index in [2.05, 4.69) is 40.3 Å². The van der Waals surface area contributed by atoms with Crippen LogP contribution in [0.4, 0.5) is 22.9 Å². The van der Waals surface area contributed by atoms with Crippen LogP contribution in [0.5, 0.6) is 0 Å². The van der Waals surface area contributed by atoms with Gasteiger partial charge in [0, 0.05) is 36.6 Å². The summed E-state index contributed by atoms with van der Waals surface area (Å²) >= 11 is 0. The van der Waals surface area contributed by atoms with Gasteiger partial charge in [-0.15, -0.1) is 0 Å². The van der Waals surface area contributed by atoms with Gasteiger partial charge < -0.3 is 29.3 Å².